The number of methoxy groups -OCH3 is 2. The standard InChI is InChI=1S/C30H35BrN4O4S/c1-18(19-8-5-4-6-9-19)28(36)34-30-33-27-22(10-7-11-26(27)40-30)29(37)32-21-12-13-35(17-21)16-20-14-24(38-2)25(39-3)15-23(20)31/h4-6,8-9,14-15,18,21-22H,7,10-13,16-17H2,1-3H3,(H,32,37)(H,33,34,36). The minimum atomic E-state index is -0.286. The lowest BCUT2D eigenvalue weighted by atomic mass is 9.90. The van der Waals surface area contributed by atoms with Crippen LogP contribution in [0.4, 0.5) is 5.13 Å². The van der Waals surface area contributed by atoms with E-state index < -0.39 is 0 Å². The first-order valence-corrected chi connectivity index (χ1v) is 15.3. The van der Waals surface area contributed by atoms with Crippen LogP contribution in [0.15, 0.2) is 46.9 Å². The van der Waals surface area contributed by atoms with E-state index in [9.17, 15) is 9.59 Å². The normalized spacial score (nSPS) is 19.5. The molecule has 2 aliphatic rings. The van der Waals surface area contributed by atoms with Gasteiger partial charge < -0.3 is 20.1 Å². The molecular weight excluding hydrogens is 592 g/mol. The van der Waals surface area contributed by atoms with Gasteiger partial charge in [-0.25, -0.2) is 4.98 Å². The fraction of sp³-hybridized carbons (Fsp3) is 0.433. The van der Waals surface area contributed by atoms with Crippen LogP contribution in [0, 0.1) is 0 Å². The van der Waals surface area contributed by atoms with Gasteiger partial charge in [-0.15, -0.1) is 11.3 Å². The van der Waals surface area contributed by atoms with Crippen molar-refractivity contribution >= 4 is 44.2 Å². The Balaban J connectivity index is 1.19. The first-order chi connectivity index (χ1) is 19.4. The fourth-order valence-corrected chi connectivity index (χ4v) is 7.00. The molecule has 40 heavy (non-hydrogen) atoms. The van der Waals surface area contributed by atoms with E-state index in [2.05, 4.69) is 31.5 Å². The van der Waals surface area contributed by atoms with Crippen LogP contribution in [-0.4, -0.2) is 55.0 Å². The first-order valence-electron chi connectivity index (χ1n) is 13.6. The molecule has 1 aliphatic carbocycles. The molecule has 2 heterocycles. The molecule has 1 aliphatic heterocycles. The smallest absolute Gasteiger partial charge is 0.233 e. The number of aryl methyl sites for hydroxylation is 1. The molecule has 10 heteroatoms. The second-order valence-electron chi connectivity index (χ2n) is 10.4. The molecule has 0 radical (unpaired) electrons. The van der Waals surface area contributed by atoms with Crippen molar-refractivity contribution in [1.82, 2.24) is 15.2 Å². The van der Waals surface area contributed by atoms with Gasteiger partial charge in [-0.3, -0.25) is 14.5 Å². The summed E-state index contributed by atoms with van der Waals surface area (Å²) in [5, 5.41) is 6.85. The number of likely N-dealkylation sites (tertiary alicyclic amines) is 1. The lowest BCUT2D eigenvalue weighted by molar-refractivity contribution is -0.123. The monoisotopic (exact) mass is 626 g/mol. The summed E-state index contributed by atoms with van der Waals surface area (Å²) in [7, 11) is 3.26. The SMILES string of the molecule is COc1cc(Br)c(CN2CCC(NC(=O)C3CCCc4sc(NC(=O)C(C)c5ccccc5)nc43)C2)cc1OC. The third-order valence-corrected chi connectivity index (χ3v) is 9.54. The van der Waals surface area contributed by atoms with Crippen molar-refractivity contribution in [1.29, 1.82) is 0 Å². The van der Waals surface area contributed by atoms with Gasteiger partial charge in [-0.2, -0.15) is 0 Å². The van der Waals surface area contributed by atoms with Crippen molar-refractivity contribution in [3.8, 4) is 11.5 Å². The summed E-state index contributed by atoms with van der Waals surface area (Å²) in [6.45, 7) is 4.32. The Morgan fingerprint density at radius 2 is 1.90 bits per heavy atom. The maximum absolute atomic E-state index is 13.4. The average Bonchev–Trinajstić information content (AvgIpc) is 3.59. The van der Waals surface area contributed by atoms with Crippen LogP contribution in [0.25, 0.3) is 0 Å². The van der Waals surface area contributed by atoms with Crippen molar-refractivity contribution in [3.05, 3.63) is 68.6 Å². The number of carbonyl (C=O) groups excluding carboxylic acids is 2. The van der Waals surface area contributed by atoms with Crippen molar-refractivity contribution in [2.24, 2.45) is 0 Å². The molecule has 212 valence electrons. The molecule has 0 bridgehead atoms. The Kier molecular flexibility index (Phi) is 9.07. The molecule has 5 rings (SSSR count). The van der Waals surface area contributed by atoms with Crippen molar-refractivity contribution in [2.45, 2.75) is 57.0 Å². The maximum atomic E-state index is 13.4. The number of ether oxygens (including phenoxy) is 2. The van der Waals surface area contributed by atoms with Crippen molar-refractivity contribution in [2.75, 3.05) is 32.6 Å². The summed E-state index contributed by atoms with van der Waals surface area (Å²) in [5.41, 5.74) is 2.89. The molecule has 2 amide bonds. The number of carbonyl (C=O) groups is 2. The number of anilines is 1. The van der Waals surface area contributed by atoms with Gasteiger partial charge in [0.15, 0.2) is 16.6 Å². The van der Waals surface area contributed by atoms with E-state index >= 15 is 0 Å². The quantitative estimate of drug-likeness (QED) is 0.327. The van der Waals surface area contributed by atoms with Crippen LogP contribution in [-0.2, 0) is 22.6 Å². The van der Waals surface area contributed by atoms with Gasteiger partial charge in [0.05, 0.1) is 31.7 Å². The highest BCUT2D eigenvalue weighted by Crippen LogP contribution is 2.38. The van der Waals surface area contributed by atoms with E-state index in [1.165, 1.54) is 11.3 Å². The zero-order chi connectivity index (χ0) is 28.2. The number of hydrogen-bond donors (Lipinski definition) is 2. The Morgan fingerprint density at radius 3 is 2.65 bits per heavy atom. The molecule has 1 aromatic heterocycles. The molecule has 1 saturated heterocycles. The lowest BCUT2D eigenvalue weighted by Crippen LogP contribution is -2.40. The summed E-state index contributed by atoms with van der Waals surface area (Å²) in [6, 6.07) is 13.7. The molecule has 3 unspecified atom stereocenters. The number of rotatable bonds is 9. The fourth-order valence-electron chi connectivity index (χ4n) is 5.49. The Morgan fingerprint density at radius 1 is 1.15 bits per heavy atom. The number of hydrogen-bond acceptors (Lipinski definition) is 7. The Hall–Kier alpha value is -2.95. The van der Waals surface area contributed by atoms with Crippen LogP contribution in [0.5, 0.6) is 11.5 Å². The Labute approximate surface area is 247 Å². The van der Waals surface area contributed by atoms with Crippen LogP contribution in [0.2, 0.25) is 0 Å². The van der Waals surface area contributed by atoms with Gasteiger partial charge in [-0.05, 0) is 55.9 Å². The first kappa shape index (κ1) is 28.6. The van der Waals surface area contributed by atoms with E-state index in [0.717, 1.165) is 71.5 Å². The number of nitrogens with zero attached hydrogens (tertiary/aromatic N) is 2. The molecule has 2 aromatic carbocycles. The van der Waals surface area contributed by atoms with E-state index in [1.807, 2.05) is 49.4 Å². The predicted molar refractivity (Wildman–Crippen MR) is 160 cm³/mol. The minimum absolute atomic E-state index is 0.0286. The van der Waals surface area contributed by atoms with E-state index in [-0.39, 0.29) is 29.7 Å². The van der Waals surface area contributed by atoms with Gasteiger partial charge >= 0.3 is 0 Å². The summed E-state index contributed by atoms with van der Waals surface area (Å²) in [4.78, 5) is 34.5. The zero-order valence-corrected chi connectivity index (χ0v) is 25.4. The van der Waals surface area contributed by atoms with Gasteiger partial charge in [0, 0.05) is 35.0 Å². The number of thiazole rings is 1. The lowest BCUT2D eigenvalue weighted by Gasteiger charge is -2.23. The predicted octanol–water partition coefficient (Wildman–Crippen LogP) is 5.48. The van der Waals surface area contributed by atoms with Crippen LogP contribution >= 0.6 is 27.3 Å². The third kappa shape index (κ3) is 6.34. The van der Waals surface area contributed by atoms with Gasteiger partial charge in [0.2, 0.25) is 11.8 Å². The summed E-state index contributed by atoms with van der Waals surface area (Å²) < 4.78 is 11.8. The number of halogens is 1. The van der Waals surface area contributed by atoms with Gasteiger partial charge in [-0.1, -0.05) is 46.3 Å². The number of amides is 2. The second-order valence-corrected chi connectivity index (χ2v) is 12.4. The number of aromatic nitrogens is 1. The molecular formula is C30H35BrN4O4S. The van der Waals surface area contributed by atoms with E-state index in [1.54, 1.807) is 14.2 Å². The van der Waals surface area contributed by atoms with Crippen molar-refractivity contribution in [3.63, 3.8) is 0 Å². The van der Waals surface area contributed by atoms with Gasteiger partial charge in [0.25, 0.3) is 0 Å². The topological polar surface area (TPSA) is 92.8 Å². The van der Waals surface area contributed by atoms with Crippen molar-refractivity contribution < 1.29 is 19.1 Å². The van der Waals surface area contributed by atoms with Gasteiger partial charge in [0.1, 0.15) is 0 Å². The molecule has 2 N–H and O–H groups in total. The zero-order valence-electron chi connectivity index (χ0n) is 23.0. The molecule has 3 aromatic rings. The summed E-state index contributed by atoms with van der Waals surface area (Å²) in [5.74, 6) is 0.752. The molecule has 0 saturated carbocycles. The molecule has 8 nitrogen and oxygen atoms in total. The molecule has 0 spiro atoms. The highest BCUT2D eigenvalue weighted by molar-refractivity contribution is 9.10. The van der Waals surface area contributed by atoms with E-state index in [0.29, 0.717) is 16.6 Å². The number of benzene rings is 2. The minimum Gasteiger partial charge on any atom is -0.493 e. The van der Waals surface area contributed by atoms with Crippen LogP contribution in [0.3, 0.4) is 0 Å². The molecule has 1 fully saturated rings. The summed E-state index contributed by atoms with van der Waals surface area (Å²) >= 11 is 5.15. The number of fused-ring (bicyclic) bond motifs is 1. The van der Waals surface area contributed by atoms with Crippen LogP contribution < -0.4 is 20.1 Å². The Bertz CT molecular complexity index is 1370. The average molecular weight is 628 g/mol. The largest absolute Gasteiger partial charge is 0.493 e. The van der Waals surface area contributed by atoms with Crippen LogP contribution in [0.1, 0.15) is 59.7 Å². The van der Waals surface area contributed by atoms with E-state index in [4.69, 9.17) is 14.5 Å². The highest BCUT2D eigenvalue weighted by Gasteiger charge is 2.33. The highest BCUT2D eigenvalue weighted by atomic mass is 79.9. The molecule has 3 atom stereocenters. The summed E-state index contributed by atoms with van der Waals surface area (Å²) in [6.07, 6.45) is 3.49. The third-order valence-electron chi connectivity index (χ3n) is 7.76. The number of nitrogens with one attached hydrogen (secondary N) is 2. The maximum Gasteiger partial charge on any atom is 0.233 e. The second kappa shape index (κ2) is 12.7.